The molecule has 4 nitrogen and oxygen atoms in total. The van der Waals surface area contributed by atoms with Crippen LogP contribution < -0.4 is 5.32 Å². The van der Waals surface area contributed by atoms with Gasteiger partial charge in [-0.2, -0.15) is 0 Å². The Morgan fingerprint density at radius 2 is 1.89 bits per heavy atom. The number of rotatable bonds is 2. The molecule has 0 bridgehead atoms. The number of fused-ring (bicyclic) bond motifs is 1. The molecule has 1 unspecified atom stereocenters. The van der Waals surface area contributed by atoms with E-state index in [0.29, 0.717) is 17.1 Å². The lowest BCUT2D eigenvalue weighted by Crippen LogP contribution is -2.32. The zero-order valence-corrected chi connectivity index (χ0v) is 10.1. The minimum Gasteiger partial charge on any atom is -0.506 e. The highest BCUT2D eigenvalue weighted by Crippen LogP contribution is 2.36. The molecule has 3 rings (SSSR count). The van der Waals surface area contributed by atoms with Gasteiger partial charge < -0.3 is 15.2 Å². The number of nitrogens with zero attached hydrogens (tertiary/aromatic N) is 1. The van der Waals surface area contributed by atoms with Crippen molar-refractivity contribution in [2.45, 2.75) is 6.04 Å². The van der Waals surface area contributed by atoms with E-state index in [4.69, 9.17) is 0 Å². The summed E-state index contributed by atoms with van der Waals surface area (Å²) in [5.74, 6) is 0.672. The predicted octanol–water partition coefficient (Wildman–Crippen LogP) is 2.31. The molecular formula is C15H12N2O2. The highest BCUT2D eigenvalue weighted by Gasteiger charge is 2.23. The van der Waals surface area contributed by atoms with Gasteiger partial charge in [-0.3, -0.25) is 0 Å². The largest absolute Gasteiger partial charge is 0.506 e. The van der Waals surface area contributed by atoms with E-state index < -0.39 is 6.04 Å². The maximum Gasteiger partial charge on any atom is 0.146 e. The van der Waals surface area contributed by atoms with Crippen molar-refractivity contribution in [3.05, 3.63) is 59.7 Å². The van der Waals surface area contributed by atoms with Gasteiger partial charge >= 0.3 is 0 Å². The highest BCUT2D eigenvalue weighted by molar-refractivity contribution is 6.03. The Morgan fingerprint density at radius 3 is 2.63 bits per heavy atom. The fraction of sp³-hybridized carbons (Fsp3) is 0.0667. The van der Waals surface area contributed by atoms with Gasteiger partial charge in [-0.15, -0.1) is 0 Å². The number of hydrogen-bond donors (Lipinski definition) is 2. The van der Waals surface area contributed by atoms with E-state index in [-0.39, 0.29) is 5.75 Å². The van der Waals surface area contributed by atoms with Crippen LogP contribution in [0.5, 0.6) is 5.75 Å². The average molecular weight is 252 g/mol. The molecule has 1 atom stereocenters. The predicted molar refractivity (Wildman–Crippen MR) is 72.7 cm³/mol. The third-order valence-electron chi connectivity index (χ3n) is 3.08. The Balaban J connectivity index is 2.15. The second kappa shape index (κ2) is 4.57. The van der Waals surface area contributed by atoms with Gasteiger partial charge in [0.25, 0.3) is 0 Å². The van der Waals surface area contributed by atoms with Gasteiger partial charge in [0, 0.05) is 11.1 Å². The summed E-state index contributed by atoms with van der Waals surface area (Å²) >= 11 is 0. The normalized spacial score (nSPS) is 17.1. The average Bonchev–Trinajstić information content (AvgIpc) is 2.48. The molecule has 2 aromatic rings. The van der Waals surface area contributed by atoms with Crippen molar-refractivity contribution in [3.8, 4) is 5.75 Å². The van der Waals surface area contributed by atoms with Crippen LogP contribution in [0.1, 0.15) is 17.2 Å². The van der Waals surface area contributed by atoms with Crippen LogP contribution in [0.4, 0.5) is 5.69 Å². The van der Waals surface area contributed by atoms with Gasteiger partial charge in [0.1, 0.15) is 29.6 Å². The zero-order valence-electron chi connectivity index (χ0n) is 10.1. The molecule has 1 heterocycles. The highest BCUT2D eigenvalue weighted by atomic mass is 16.3. The third-order valence-corrected chi connectivity index (χ3v) is 3.08. The molecule has 0 amide bonds. The number of carbonyl (C=O) groups is 1. The first-order valence-corrected chi connectivity index (χ1v) is 5.97. The van der Waals surface area contributed by atoms with Crippen LogP contribution in [0.3, 0.4) is 0 Å². The van der Waals surface area contributed by atoms with E-state index in [9.17, 15) is 9.90 Å². The molecule has 0 aromatic heterocycles. The minimum atomic E-state index is -0.491. The number of hydrogen-bond acceptors (Lipinski definition) is 4. The number of phenols is 1. The topological polar surface area (TPSA) is 61.7 Å². The Labute approximate surface area is 110 Å². The molecule has 2 aromatic carbocycles. The molecule has 94 valence electrons. The monoisotopic (exact) mass is 252 g/mol. The number of para-hydroxylation sites is 1. The number of nitrogens with one attached hydrogen (secondary N) is 1. The number of aromatic hydroxyl groups is 1. The maximum atomic E-state index is 11.2. The summed E-state index contributed by atoms with van der Waals surface area (Å²) in [5, 5.41) is 13.0. The van der Waals surface area contributed by atoms with Gasteiger partial charge in [-0.1, -0.05) is 42.5 Å². The van der Waals surface area contributed by atoms with Crippen molar-refractivity contribution in [1.82, 2.24) is 5.32 Å². The SMILES string of the molecule is O=CC1NC(c2ccccc2)=Nc2c(O)cccc21. The van der Waals surface area contributed by atoms with E-state index in [2.05, 4.69) is 10.3 Å². The molecule has 0 saturated carbocycles. The standard InChI is InChI=1S/C15H12N2O2/c18-9-12-11-7-4-8-13(19)14(11)17-15(16-12)10-5-2-1-3-6-10/h1-9,12,19H,(H,16,17). The Kier molecular flexibility index (Phi) is 2.76. The molecule has 0 aliphatic carbocycles. The summed E-state index contributed by atoms with van der Waals surface area (Å²) in [7, 11) is 0. The van der Waals surface area contributed by atoms with Crippen LogP contribution >= 0.6 is 0 Å². The van der Waals surface area contributed by atoms with E-state index in [1.165, 1.54) is 0 Å². The summed E-state index contributed by atoms with van der Waals surface area (Å²) in [5.41, 5.74) is 2.02. The summed E-state index contributed by atoms with van der Waals surface area (Å²) in [6, 6.07) is 14.1. The lowest BCUT2D eigenvalue weighted by molar-refractivity contribution is -0.109. The van der Waals surface area contributed by atoms with Gasteiger partial charge in [0.05, 0.1) is 0 Å². The minimum absolute atomic E-state index is 0.0827. The second-order valence-corrected chi connectivity index (χ2v) is 4.30. The molecule has 0 radical (unpaired) electrons. The second-order valence-electron chi connectivity index (χ2n) is 4.30. The Hall–Kier alpha value is -2.62. The molecule has 1 aliphatic heterocycles. The van der Waals surface area contributed by atoms with Crippen molar-refractivity contribution in [1.29, 1.82) is 0 Å². The molecule has 0 fully saturated rings. The Bertz CT molecular complexity index is 650. The van der Waals surface area contributed by atoms with Crippen LogP contribution in [0, 0.1) is 0 Å². The van der Waals surface area contributed by atoms with Gasteiger partial charge in [-0.25, -0.2) is 4.99 Å². The lowest BCUT2D eigenvalue weighted by Gasteiger charge is -2.23. The molecular weight excluding hydrogens is 240 g/mol. The number of benzene rings is 2. The summed E-state index contributed by atoms with van der Waals surface area (Å²) in [4.78, 5) is 15.6. The fourth-order valence-electron chi connectivity index (χ4n) is 2.14. The van der Waals surface area contributed by atoms with E-state index >= 15 is 0 Å². The molecule has 19 heavy (non-hydrogen) atoms. The van der Waals surface area contributed by atoms with Crippen molar-refractivity contribution < 1.29 is 9.90 Å². The summed E-state index contributed by atoms with van der Waals surface area (Å²) in [6.07, 6.45) is 0.815. The first kappa shape index (κ1) is 11.5. The van der Waals surface area contributed by atoms with E-state index in [0.717, 1.165) is 11.8 Å². The smallest absolute Gasteiger partial charge is 0.146 e. The van der Waals surface area contributed by atoms with Crippen molar-refractivity contribution >= 4 is 17.8 Å². The van der Waals surface area contributed by atoms with Crippen molar-refractivity contribution in [3.63, 3.8) is 0 Å². The first-order valence-electron chi connectivity index (χ1n) is 5.97. The van der Waals surface area contributed by atoms with E-state index in [1.807, 2.05) is 30.3 Å². The van der Waals surface area contributed by atoms with Gasteiger partial charge in [-0.05, 0) is 6.07 Å². The maximum absolute atomic E-state index is 11.2. The van der Waals surface area contributed by atoms with Crippen LogP contribution in [-0.2, 0) is 4.79 Å². The van der Waals surface area contributed by atoms with Crippen LogP contribution in [-0.4, -0.2) is 17.2 Å². The van der Waals surface area contributed by atoms with Gasteiger partial charge in [0.15, 0.2) is 0 Å². The number of amidine groups is 1. The molecule has 2 N–H and O–H groups in total. The number of carbonyl (C=O) groups excluding carboxylic acids is 1. The lowest BCUT2D eigenvalue weighted by atomic mass is 10.0. The van der Waals surface area contributed by atoms with Crippen LogP contribution in [0.15, 0.2) is 53.5 Å². The molecule has 0 saturated heterocycles. The van der Waals surface area contributed by atoms with Crippen LogP contribution in [0.25, 0.3) is 0 Å². The Morgan fingerprint density at radius 1 is 1.11 bits per heavy atom. The molecule has 4 heteroatoms. The van der Waals surface area contributed by atoms with Crippen LogP contribution in [0.2, 0.25) is 0 Å². The first-order chi connectivity index (χ1) is 9.29. The molecule has 0 spiro atoms. The quantitative estimate of drug-likeness (QED) is 0.806. The van der Waals surface area contributed by atoms with Crippen molar-refractivity contribution in [2.75, 3.05) is 0 Å². The number of aliphatic imine (C=N–C) groups is 1. The third kappa shape index (κ3) is 1.97. The van der Waals surface area contributed by atoms with E-state index in [1.54, 1.807) is 18.2 Å². The van der Waals surface area contributed by atoms with Crippen molar-refractivity contribution in [2.24, 2.45) is 4.99 Å². The fourth-order valence-corrected chi connectivity index (χ4v) is 2.14. The number of aldehydes is 1. The summed E-state index contributed by atoms with van der Waals surface area (Å²) in [6.45, 7) is 0. The summed E-state index contributed by atoms with van der Waals surface area (Å²) < 4.78 is 0. The molecule has 1 aliphatic rings. The van der Waals surface area contributed by atoms with Gasteiger partial charge in [0.2, 0.25) is 0 Å². The number of phenolic OH excluding ortho intramolecular Hbond substituents is 1. The zero-order chi connectivity index (χ0) is 13.2.